The van der Waals surface area contributed by atoms with E-state index in [1.807, 2.05) is 6.92 Å². The molecule has 4 nitrogen and oxygen atoms in total. The number of benzene rings is 1. The van der Waals surface area contributed by atoms with Crippen molar-refractivity contribution in [1.29, 1.82) is 0 Å². The van der Waals surface area contributed by atoms with Crippen LogP contribution in [0.1, 0.15) is 43.6 Å². The highest BCUT2D eigenvalue weighted by molar-refractivity contribution is 6.31. The summed E-state index contributed by atoms with van der Waals surface area (Å²) in [5.41, 5.74) is 0.693. The molecule has 0 spiro atoms. The fourth-order valence-electron chi connectivity index (χ4n) is 1.51. The van der Waals surface area contributed by atoms with Gasteiger partial charge in [0.1, 0.15) is 11.6 Å². The first-order valence-corrected chi connectivity index (χ1v) is 6.78. The van der Waals surface area contributed by atoms with Crippen LogP contribution in [-0.2, 0) is 9.53 Å². The minimum Gasteiger partial charge on any atom is -0.458 e. The van der Waals surface area contributed by atoms with Gasteiger partial charge in [0.05, 0.1) is 0 Å². The minimum absolute atomic E-state index is 0.330. The summed E-state index contributed by atoms with van der Waals surface area (Å²) in [6.45, 7) is 8.75. The highest BCUT2D eigenvalue weighted by Crippen LogP contribution is 2.16. The zero-order valence-electron chi connectivity index (χ0n) is 12.4. The smallest absolute Gasteiger partial charge is 0.328 e. The van der Waals surface area contributed by atoms with Crippen molar-refractivity contribution in [2.24, 2.45) is 0 Å². The first-order valence-electron chi connectivity index (χ1n) is 6.40. The Hall–Kier alpha value is -1.55. The van der Waals surface area contributed by atoms with Gasteiger partial charge in [-0.25, -0.2) is 4.79 Å². The molecule has 0 aromatic heterocycles. The van der Waals surface area contributed by atoms with Crippen molar-refractivity contribution in [2.75, 3.05) is 0 Å². The molecule has 0 radical (unpaired) electrons. The summed E-state index contributed by atoms with van der Waals surface area (Å²) in [6.07, 6.45) is 0. The van der Waals surface area contributed by atoms with Crippen molar-refractivity contribution in [3.05, 3.63) is 34.3 Å². The molecule has 0 unspecified atom stereocenters. The number of aryl methyl sites for hydroxylation is 1. The number of ether oxygens (including phenoxy) is 1. The molecular weight excluding hydrogens is 278 g/mol. The summed E-state index contributed by atoms with van der Waals surface area (Å²) < 4.78 is 5.20. The van der Waals surface area contributed by atoms with E-state index in [-0.39, 0.29) is 5.91 Å². The average Bonchev–Trinajstić information content (AvgIpc) is 2.30. The van der Waals surface area contributed by atoms with Gasteiger partial charge in [-0.05, 0) is 58.4 Å². The van der Waals surface area contributed by atoms with E-state index in [0.29, 0.717) is 10.6 Å². The zero-order chi connectivity index (χ0) is 15.5. The second-order valence-corrected chi connectivity index (χ2v) is 6.10. The molecule has 0 saturated heterocycles. The van der Waals surface area contributed by atoms with Crippen LogP contribution in [0.3, 0.4) is 0 Å². The molecular formula is C15H20ClNO3. The topological polar surface area (TPSA) is 55.4 Å². The van der Waals surface area contributed by atoms with E-state index in [1.165, 1.54) is 0 Å². The number of carbonyl (C=O) groups is 2. The van der Waals surface area contributed by atoms with Crippen LogP contribution >= 0.6 is 11.6 Å². The van der Waals surface area contributed by atoms with Crippen LogP contribution < -0.4 is 5.32 Å². The summed E-state index contributed by atoms with van der Waals surface area (Å²) in [4.78, 5) is 23.8. The van der Waals surface area contributed by atoms with Gasteiger partial charge in [-0.1, -0.05) is 11.6 Å². The van der Waals surface area contributed by atoms with Crippen LogP contribution in [0.4, 0.5) is 0 Å². The van der Waals surface area contributed by atoms with Crippen LogP contribution in [0.5, 0.6) is 0 Å². The summed E-state index contributed by atoms with van der Waals surface area (Å²) >= 11 is 5.91. The molecule has 1 amide bonds. The number of hydrogen-bond acceptors (Lipinski definition) is 3. The van der Waals surface area contributed by atoms with E-state index < -0.39 is 17.6 Å². The lowest BCUT2D eigenvalue weighted by atomic mass is 10.1. The third-order valence-corrected chi connectivity index (χ3v) is 2.95. The van der Waals surface area contributed by atoms with Crippen molar-refractivity contribution in [2.45, 2.75) is 46.3 Å². The fraction of sp³-hybridized carbons (Fsp3) is 0.467. The molecule has 0 fully saturated rings. The Labute approximate surface area is 124 Å². The highest BCUT2D eigenvalue weighted by Gasteiger charge is 2.23. The van der Waals surface area contributed by atoms with Crippen LogP contribution in [0.2, 0.25) is 5.02 Å². The van der Waals surface area contributed by atoms with Crippen LogP contribution in [0.15, 0.2) is 18.2 Å². The van der Waals surface area contributed by atoms with Crippen molar-refractivity contribution in [3.63, 3.8) is 0 Å². The van der Waals surface area contributed by atoms with E-state index in [9.17, 15) is 9.59 Å². The second-order valence-electron chi connectivity index (χ2n) is 5.69. The molecule has 1 N–H and O–H groups in total. The molecule has 0 aliphatic carbocycles. The molecule has 5 heteroatoms. The van der Waals surface area contributed by atoms with Gasteiger partial charge in [0.25, 0.3) is 5.91 Å². The predicted molar refractivity (Wildman–Crippen MR) is 79.0 cm³/mol. The highest BCUT2D eigenvalue weighted by atomic mass is 35.5. The maximum absolute atomic E-state index is 12.0. The number of amides is 1. The third-order valence-electron chi connectivity index (χ3n) is 2.53. The Kier molecular flexibility index (Phi) is 5.17. The van der Waals surface area contributed by atoms with E-state index >= 15 is 0 Å². The summed E-state index contributed by atoms with van der Waals surface area (Å²) in [5.74, 6) is -0.792. The molecule has 1 aromatic carbocycles. The zero-order valence-corrected chi connectivity index (χ0v) is 13.2. The Bertz CT molecular complexity index is 520. The standard InChI is InChI=1S/C15H20ClNO3/c1-9-8-11(6-7-12(9)16)13(18)17-10(2)14(19)20-15(3,4)5/h6-8,10H,1-5H3,(H,17,18)/t10-/m0/s1. The lowest BCUT2D eigenvalue weighted by molar-refractivity contribution is -0.156. The SMILES string of the molecule is Cc1cc(C(=O)N[C@@H](C)C(=O)OC(C)(C)C)ccc1Cl. The van der Waals surface area contributed by atoms with Crippen LogP contribution in [0.25, 0.3) is 0 Å². The largest absolute Gasteiger partial charge is 0.458 e. The second kappa shape index (κ2) is 6.27. The first-order chi connectivity index (χ1) is 9.10. The Morgan fingerprint density at radius 1 is 1.30 bits per heavy atom. The molecule has 1 aromatic rings. The molecule has 0 aliphatic heterocycles. The van der Waals surface area contributed by atoms with Crippen molar-refractivity contribution >= 4 is 23.5 Å². The third kappa shape index (κ3) is 4.85. The van der Waals surface area contributed by atoms with E-state index in [4.69, 9.17) is 16.3 Å². The Morgan fingerprint density at radius 3 is 2.40 bits per heavy atom. The van der Waals surface area contributed by atoms with Gasteiger partial charge in [-0.15, -0.1) is 0 Å². The van der Waals surface area contributed by atoms with Gasteiger partial charge < -0.3 is 10.1 Å². The van der Waals surface area contributed by atoms with E-state index in [1.54, 1.807) is 45.9 Å². The van der Waals surface area contributed by atoms with Gasteiger partial charge in [0, 0.05) is 10.6 Å². The molecule has 0 bridgehead atoms. The molecule has 0 saturated carbocycles. The lowest BCUT2D eigenvalue weighted by Crippen LogP contribution is -2.42. The van der Waals surface area contributed by atoms with Gasteiger partial charge in [-0.3, -0.25) is 4.79 Å². The maximum Gasteiger partial charge on any atom is 0.328 e. The monoisotopic (exact) mass is 297 g/mol. The van der Waals surface area contributed by atoms with Gasteiger partial charge in [0.15, 0.2) is 0 Å². The molecule has 1 atom stereocenters. The number of halogens is 1. The van der Waals surface area contributed by atoms with Crippen molar-refractivity contribution in [3.8, 4) is 0 Å². The number of esters is 1. The van der Waals surface area contributed by atoms with Gasteiger partial charge >= 0.3 is 5.97 Å². The molecule has 1 rings (SSSR count). The van der Waals surface area contributed by atoms with Gasteiger partial charge in [0.2, 0.25) is 0 Å². The van der Waals surface area contributed by atoms with Gasteiger partial charge in [-0.2, -0.15) is 0 Å². The first kappa shape index (κ1) is 16.5. The fourth-order valence-corrected chi connectivity index (χ4v) is 1.63. The Morgan fingerprint density at radius 2 is 1.90 bits per heavy atom. The Balaban J connectivity index is 2.70. The predicted octanol–water partition coefficient (Wildman–Crippen LogP) is 3.11. The normalized spacial score (nSPS) is 12.7. The molecule has 20 heavy (non-hydrogen) atoms. The number of rotatable bonds is 3. The van der Waals surface area contributed by atoms with E-state index in [2.05, 4.69) is 5.32 Å². The molecule has 0 heterocycles. The number of carbonyl (C=O) groups excluding carboxylic acids is 2. The quantitative estimate of drug-likeness (QED) is 0.872. The summed E-state index contributed by atoms with van der Waals surface area (Å²) in [7, 11) is 0. The number of nitrogens with one attached hydrogen (secondary N) is 1. The van der Waals surface area contributed by atoms with Crippen LogP contribution in [-0.4, -0.2) is 23.5 Å². The lowest BCUT2D eigenvalue weighted by Gasteiger charge is -2.22. The summed E-state index contributed by atoms with van der Waals surface area (Å²) in [6, 6.07) is 4.24. The van der Waals surface area contributed by atoms with E-state index in [0.717, 1.165) is 5.56 Å². The average molecular weight is 298 g/mol. The number of hydrogen-bond donors (Lipinski definition) is 1. The maximum atomic E-state index is 12.0. The van der Waals surface area contributed by atoms with Crippen LogP contribution in [0, 0.1) is 6.92 Å². The minimum atomic E-state index is -0.710. The molecule has 0 aliphatic rings. The van der Waals surface area contributed by atoms with Crippen molar-refractivity contribution in [1.82, 2.24) is 5.32 Å². The summed E-state index contributed by atoms with van der Waals surface area (Å²) in [5, 5.41) is 3.21. The van der Waals surface area contributed by atoms with Crippen molar-refractivity contribution < 1.29 is 14.3 Å². The molecule has 110 valence electrons.